The van der Waals surface area contributed by atoms with Gasteiger partial charge in [0, 0.05) is 37.3 Å². The molecule has 0 bridgehead atoms. The maximum Gasteiger partial charge on any atom is 0.293 e. The average molecular weight is 463 g/mol. The lowest BCUT2D eigenvalue weighted by Gasteiger charge is -2.26. The largest absolute Gasteiger partial charge is 0.379 e. The molecule has 1 aliphatic heterocycles. The number of rotatable bonds is 8. The SMILES string of the molecule is CC(C)C(=O)Nc1cccc(CNc2ccc(S(=O)(=O)N3CCOCC3)cc2[N+](=O)[O-])c1. The third kappa shape index (κ3) is 5.61. The molecule has 0 spiro atoms. The van der Waals surface area contributed by atoms with Gasteiger partial charge in [-0.3, -0.25) is 14.9 Å². The predicted octanol–water partition coefficient (Wildman–Crippen LogP) is 2.82. The molecule has 1 saturated heterocycles. The van der Waals surface area contributed by atoms with E-state index in [2.05, 4.69) is 10.6 Å². The van der Waals surface area contributed by atoms with Crippen LogP contribution in [0.1, 0.15) is 19.4 Å². The minimum absolute atomic E-state index is 0.109. The molecule has 3 rings (SSSR count). The highest BCUT2D eigenvalue weighted by molar-refractivity contribution is 7.89. The smallest absolute Gasteiger partial charge is 0.293 e. The van der Waals surface area contributed by atoms with Crippen LogP contribution in [0, 0.1) is 16.0 Å². The Kier molecular flexibility index (Phi) is 7.44. The van der Waals surface area contributed by atoms with Crippen LogP contribution in [0.25, 0.3) is 0 Å². The zero-order valence-electron chi connectivity index (χ0n) is 17.9. The van der Waals surface area contributed by atoms with Crippen molar-refractivity contribution < 1.29 is 22.9 Å². The van der Waals surface area contributed by atoms with Crippen molar-refractivity contribution in [2.75, 3.05) is 36.9 Å². The van der Waals surface area contributed by atoms with Crippen LogP contribution in [-0.2, 0) is 26.1 Å². The molecule has 172 valence electrons. The van der Waals surface area contributed by atoms with Crippen LogP contribution in [0.4, 0.5) is 17.1 Å². The first-order valence-electron chi connectivity index (χ1n) is 10.2. The maximum absolute atomic E-state index is 12.8. The van der Waals surface area contributed by atoms with Crippen LogP contribution >= 0.6 is 0 Å². The molecule has 0 saturated carbocycles. The molecule has 0 unspecified atom stereocenters. The lowest BCUT2D eigenvalue weighted by Crippen LogP contribution is -2.40. The van der Waals surface area contributed by atoms with E-state index in [0.717, 1.165) is 11.6 Å². The number of sulfonamides is 1. The summed E-state index contributed by atoms with van der Waals surface area (Å²) < 4.78 is 32.1. The van der Waals surface area contributed by atoms with E-state index in [1.165, 1.54) is 16.4 Å². The van der Waals surface area contributed by atoms with Gasteiger partial charge in [-0.25, -0.2) is 8.42 Å². The number of carbonyl (C=O) groups is 1. The van der Waals surface area contributed by atoms with Crippen molar-refractivity contribution in [1.29, 1.82) is 0 Å². The Labute approximate surface area is 186 Å². The van der Waals surface area contributed by atoms with Gasteiger partial charge >= 0.3 is 0 Å². The summed E-state index contributed by atoms with van der Waals surface area (Å²) in [5.41, 5.74) is 1.30. The molecule has 0 aromatic heterocycles. The number of nitrogens with zero attached hydrogens (tertiary/aromatic N) is 2. The fourth-order valence-electron chi connectivity index (χ4n) is 3.15. The fraction of sp³-hybridized carbons (Fsp3) is 0.381. The molecule has 10 nitrogen and oxygen atoms in total. The Bertz CT molecular complexity index is 1100. The van der Waals surface area contributed by atoms with Crippen molar-refractivity contribution in [2.45, 2.75) is 25.3 Å². The van der Waals surface area contributed by atoms with Gasteiger partial charge in [0.05, 0.1) is 23.0 Å². The number of nitro groups is 1. The number of nitro benzene ring substituents is 1. The summed E-state index contributed by atoms with van der Waals surface area (Å²) in [4.78, 5) is 22.8. The van der Waals surface area contributed by atoms with Crippen molar-refractivity contribution in [3.8, 4) is 0 Å². The lowest BCUT2D eigenvalue weighted by atomic mass is 10.1. The molecule has 1 heterocycles. The number of carbonyl (C=O) groups excluding carboxylic acids is 1. The van der Waals surface area contributed by atoms with Gasteiger partial charge < -0.3 is 15.4 Å². The molecule has 1 aliphatic rings. The van der Waals surface area contributed by atoms with Gasteiger partial charge in [-0.15, -0.1) is 0 Å². The Morgan fingerprint density at radius 2 is 1.91 bits per heavy atom. The average Bonchev–Trinajstić information content (AvgIpc) is 2.78. The molecule has 0 aliphatic carbocycles. The molecule has 1 amide bonds. The highest BCUT2D eigenvalue weighted by Gasteiger charge is 2.28. The van der Waals surface area contributed by atoms with E-state index in [0.29, 0.717) is 5.69 Å². The van der Waals surface area contributed by atoms with Crippen molar-refractivity contribution in [3.05, 3.63) is 58.1 Å². The second kappa shape index (κ2) is 10.1. The number of nitrogens with one attached hydrogen (secondary N) is 2. The standard InChI is InChI=1S/C21H26N4O6S/c1-15(2)21(26)23-17-5-3-4-16(12-17)14-22-19-7-6-18(13-20(19)25(27)28)32(29,30)24-8-10-31-11-9-24/h3-7,12-13,15,22H,8-11,14H2,1-2H3,(H,23,26). The molecule has 2 N–H and O–H groups in total. The molecule has 0 atom stereocenters. The van der Waals surface area contributed by atoms with Crippen molar-refractivity contribution in [2.24, 2.45) is 5.92 Å². The monoisotopic (exact) mass is 462 g/mol. The van der Waals surface area contributed by atoms with E-state index in [1.807, 2.05) is 6.07 Å². The van der Waals surface area contributed by atoms with Crippen LogP contribution in [0.15, 0.2) is 47.4 Å². The topological polar surface area (TPSA) is 131 Å². The van der Waals surface area contributed by atoms with Crippen LogP contribution in [0.5, 0.6) is 0 Å². The summed E-state index contributed by atoms with van der Waals surface area (Å²) in [5.74, 6) is -0.269. The minimum atomic E-state index is -3.85. The highest BCUT2D eigenvalue weighted by atomic mass is 32.2. The third-order valence-electron chi connectivity index (χ3n) is 4.98. The first kappa shape index (κ1) is 23.6. The second-order valence-corrected chi connectivity index (χ2v) is 9.59. The number of anilines is 2. The maximum atomic E-state index is 12.8. The van der Waals surface area contributed by atoms with E-state index in [4.69, 9.17) is 4.74 Å². The molecule has 32 heavy (non-hydrogen) atoms. The molecular weight excluding hydrogens is 436 g/mol. The van der Waals surface area contributed by atoms with Crippen molar-refractivity contribution in [1.82, 2.24) is 4.31 Å². The number of hydrogen-bond acceptors (Lipinski definition) is 7. The van der Waals surface area contributed by atoms with E-state index in [1.54, 1.807) is 32.0 Å². The number of benzene rings is 2. The van der Waals surface area contributed by atoms with Crippen LogP contribution in [0.3, 0.4) is 0 Å². The molecule has 2 aromatic carbocycles. The molecule has 11 heteroatoms. The Hall–Kier alpha value is -3.02. The first-order valence-corrected chi connectivity index (χ1v) is 11.6. The van der Waals surface area contributed by atoms with Crippen LogP contribution in [0.2, 0.25) is 0 Å². The quantitative estimate of drug-likeness (QED) is 0.455. The highest BCUT2D eigenvalue weighted by Crippen LogP contribution is 2.30. The van der Waals surface area contributed by atoms with Crippen molar-refractivity contribution in [3.63, 3.8) is 0 Å². The van der Waals surface area contributed by atoms with Gasteiger partial charge in [-0.05, 0) is 29.8 Å². The summed E-state index contributed by atoms with van der Waals surface area (Å²) >= 11 is 0. The van der Waals surface area contributed by atoms with Crippen LogP contribution < -0.4 is 10.6 Å². The van der Waals surface area contributed by atoms with Gasteiger partial charge in [0.15, 0.2) is 0 Å². The number of morpholine rings is 1. The first-order chi connectivity index (χ1) is 15.2. The Morgan fingerprint density at radius 1 is 1.19 bits per heavy atom. The van der Waals surface area contributed by atoms with Gasteiger partial charge in [0.25, 0.3) is 5.69 Å². The number of amides is 1. The summed E-state index contributed by atoms with van der Waals surface area (Å²) in [6.07, 6.45) is 0. The van der Waals surface area contributed by atoms with E-state index in [9.17, 15) is 23.3 Å². The number of hydrogen-bond donors (Lipinski definition) is 2. The van der Waals surface area contributed by atoms with Gasteiger partial charge in [0.1, 0.15) is 5.69 Å². The minimum Gasteiger partial charge on any atom is -0.379 e. The van der Waals surface area contributed by atoms with E-state index >= 15 is 0 Å². The summed E-state index contributed by atoms with van der Waals surface area (Å²) in [7, 11) is -3.85. The molecule has 0 radical (unpaired) electrons. The molecular formula is C21H26N4O6S. The lowest BCUT2D eigenvalue weighted by molar-refractivity contribution is -0.384. The molecule has 1 fully saturated rings. The Morgan fingerprint density at radius 3 is 2.56 bits per heavy atom. The summed E-state index contributed by atoms with van der Waals surface area (Å²) in [5, 5.41) is 17.4. The fourth-order valence-corrected chi connectivity index (χ4v) is 4.58. The van der Waals surface area contributed by atoms with Crippen LogP contribution in [-0.4, -0.2) is 49.9 Å². The van der Waals surface area contributed by atoms with E-state index in [-0.39, 0.29) is 60.9 Å². The molecule has 2 aromatic rings. The summed E-state index contributed by atoms with van der Waals surface area (Å²) in [6, 6.07) is 11.0. The summed E-state index contributed by atoms with van der Waals surface area (Å²) in [6.45, 7) is 4.84. The zero-order chi connectivity index (χ0) is 23.3. The normalized spacial score (nSPS) is 14.8. The van der Waals surface area contributed by atoms with Gasteiger partial charge in [-0.1, -0.05) is 26.0 Å². The third-order valence-corrected chi connectivity index (χ3v) is 6.87. The number of ether oxygens (including phenoxy) is 1. The zero-order valence-corrected chi connectivity index (χ0v) is 18.7. The second-order valence-electron chi connectivity index (χ2n) is 7.65. The Balaban J connectivity index is 1.77. The van der Waals surface area contributed by atoms with Crippen molar-refractivity contribution >= 4 is 33.0 Å². The van der Waals surface area contributed by atoms with Gasteiger partial charge in [0.2, 0.25) is 15.9 Å². The van der Waals surface area contributed by atoms with Gasteiger partial charge in [-0.2, -0.15) is 4.31 Å². The van der Waals surface area contributed by atoms with E-state index < -0.39 is 14.9 Å². The predicted molar refractivity (Wildman–Crippen MR) is 120 cm³/mol.